The minimum atomic E-state index is 0.608. The number of benzene rings is 1. The van der Waals surface area contributed by atoms with Crippen molar-refractivity contribution in [2.24, 2.45) is 0 Å². The largest absolute Gasteiger partial charge is 0.497 e. The van der Waals surface area contributed by atoms with Gasteiger partial charge in [-0.25, -0.2) is 19.5 Å². The van der Waals surface area contributed by atoms with E-state index in [1.165, 1.54) is 0 Å². The number of H-pyrrole nitrogens is 1. The minimum absolute atomic E-state index is 0.608. The second kappa shape index (κ2) is 7.75. The first-order valence-electron chi connectivity index (χ1n) is 9.57. The van der Waals surface area contributed by atoms with Crippen LogP contribution in [-0.2, 0) is 0 Å². The summed E-state index contributed by atoms with van der Waals surface area (Å²) >= 11 is 0. The molecule has 0 unspecified atom stereocenters. The Labute approximate surface area is 177 Å². The summed E-state index contributed by atoms with van der Waals surface area (Å²) in [6, 6.07) is 15.0. The lowest BCUT2D eigenvalue weighted by Crippen LogP contribution is -2.02. The zero-order chi connectivity index (χ0) is 21.2. The Bertz CT molecular complexity index is 1330. The van der Waals surface area contributed by atoms with Crippen LogP contribution >= 0.6 is 0 Å². The molecule has 0 aliphatic carbocycles. The highest BCUT2D eigenvalue weighted by Gasteiger charge is 2.18. The Hall–Kier alpha value is -4.47. The van der Waals surface area contributed by atoms with Gasteiger partial charge in [-0.05, 0) is 43.3 Å². The molecule has 154 valence electrons. The summed E-state index contributed by atoms with van der Waals surface area (Å²) in [5.74, 6) is 3.39. The maximum atomic E-state index is 5.22. The van der Waals surface area contributed by atoms with E-state index < -0.39 is 0 Å². The fourth-order valence-electron chi connectivity index (χ4n) is 3.23. The van der Waals surface area contributed by atoms with Crippen LogP contribution in [0, 0.1) is 6.92 Å². The highest BCUT2D eigenvalue weighted by atomic mass is 16.5. The van der Waals surface area contributed by atoms with Crippen LogP contribution < -0.4 is 15.4 Å². The first kappa shape index (κ1) is 18.6. The molecule has 3 N–H and O–H groups in total. The van der Waals surface area contributed by atoms with Gasteiger partial charge >= 0.3 is 0 Å². The third kappa shape index (κ3) is 3.73. The van der Waals surface area contributed by atoms with Gasteiger partial charge in [-0.3, -0.25) is 5.10 Å². The van der Waals surface area contributed by atoms with Crippen molar-refractivity contribution in [2.75, 3.05) is 17.7 Å². The van der Waals surface area contributed by atoms with E-state index in [9.17, 15) is 0 Å². The average molecular weight is 413 g/mol. The molecule has 0 spiro atoms. The SMILES string of the molecule is COc1ccc(Nc2cc(-c3c(Nc4ccn[nH]4)nc4cccnn34)nc(C)n2)cc1. The highest BCUT2D eigenvalue weighted by Crippen LogP contribution is 2.30. The van der Waals surface area contributed by atoms with Gasteiger partial charge in [-0.1, -0.05) is 0 Å². The van der Waals surface area contributed by atoms with Crippen molar-refractivity contribution in [1.29, 1.82) is 0 Å². The van der Waals surface area contributed by atoms with Crippen LogP contribution in [0.1, 0.15) is 5.82 Å². The van der Waals surface area contributed by atoms with Crippen LogP contribution in [0.25, 0.3) is 17.0 Å². The van der Waals surface area contributed by atoms with Crippen molar-refractivity contribution in [3.05, 3.63) is 66.7 Å². The molecule has 4 heterocycles. The van der Waals surface area contributed by atoms with Gasteiger partial charge in [0, 0.05) is 24.0 Å². The van der Waals surface area contributed by atoms with E-state index in [1.54, 1.807) is 24.0 Å². The summed E-state index contributed by atoms with van der Waals surface area (Å²) in [6.45, 7) is 1.85. The van der Waals surface area contributed by atoms with Crippen LogP contribution in [-0.4, -0.2) is 41.9 Å². The molecule has 4 aromatic heterocycles. The molecule has 0 atom stereocenters. The fraction of sp³-hybridized carbons (Fsp3) is 0.0952. The van der Waals surface area contributed by atoms with E-state index in [0.717, 1.165) is 11.4 Å². The van der Waals surface area contributed by atoms with E-state index in [4.69, 9.17) is 4.74 Å². The minimum Gasteiger partial charge on any atom is -0.497 e. The van der Waals surface area contributed by atoms with E-state index in [1.807, 2.05) is 55.5 Å². The molecule has 0 aliphatic rings. The normalized spacial score (nSPS) is 10.9. The molecule has 5 aromatic rings. The first-order chi connectivity index (χ1) is 15.2. The highest BCUT2D eigenvalue weighted by molar-refractivity contribution is 5.78. The molecule has 31 heavy (non-hydrogen) atoms. The smallest absolute Gasteiger partial charge is 0.162 e. The van der Waals surface area contributed by atoms with E-state index in [0.29, 0.717) is 40.3 Å². The van der Waals surface area contributed by atoms with Crippen LogP contribution in [0.2, 0.25) is 0 Å². The van der Waals surface area contributed by atoms with Crippen LogP contribution in [0.5, 0.6) is 5.75 Å². The Kier molecular flexibility index (Phi) is 4.64. The Morgan fingerprint density at radius 3 is 2.61 bits per heavy atom. The van der Waals surface area contributed by atoms with Crippen molar-refractivity contribution < 1.29 is 4.74 Å². The predicted molar refractivity (Wildman–Crippen MR) is 117 cm³/mol. The Morgan fingerprint density at radius 1 is 0.968 bits per heavy atom. The van der Waals surface area contributed by atoms with Gasteiger partial charge in [0.25, 0.3) is 0 Å². The zero-order valence-corrected chi connectivity index (χ0v) is 16.9. The maximum absolute atomic E-state index is 5.22. The third-order valence-corrected chi connectivity index (χ3v) is 4.59. The number of fused-ring (bicyclic) bond motifs is 1. The quantitative estimate of drug-likeness (QED) is 0.386. The molecule has 0 aliphatic heterocycles. The lowest BCUT2D eigenvalue weighted by atomic mass is 10.2. The van der Waals surface area contributed by atoms with Gasteiger partial charge in [0.2, 0.25) is 0 Å². The van der Waals surface area contributed by atoms with Gasteiger partial charge in [-0.2, -0.15) is 10.2 Å². The summed E-state index contributed by atoms with van der Waals surface area (Å²) in [6.07, 6.45) is 3.38. The van der Waals surface area contributed by atoms with E-state index >= 15 is 0 Å². The molecular formula is C21H19N9O. The van der Waals surface area contributed by atoms with Gasteiger partial charge in [0.05, 0.1) is 19.0 Å². The summed E-state index contributed by atoms with van der Waals surface area (Å²) in [7, 11) is 1.64. The second-order valence-corrected chi connectivity index (χ2v) is 6.74. The molecule has 0 saturated carbocycles. The molecule has 5 rings (SSSR count). The van der Waals surface area contributed by atoms with Gasteiger partial charge in [0.1, 0.15) is 28.9 Å². The van der Waals surface area contributed by atoms with Crippen molar-refractivity contribution >= 4 is 28.8 Å². The number of anilines is 4. The number of aryl methyl sites for hydroxylation is 1. The number of nitrogens with zero attached hydrogens (tertiary/aromatic N) is 6. The molecule has 0 bridgehead atoms. The molecular weight excluding hydrogens is 394 g/mol. The molecule has 0 saturated heterocycles. The predicted octanol–water partition coefficient (Wildman–Crippen LogP) is 3.71. The molecule has 10 heteroatoms. The number of nitrogens with one attached hydrogen (secondary N) is 3. The van der Waals surface area contributed by atoms with Crippen molar-refractivity contribution in [3.63, 3.8) is 0 Å². The van der Waals surface area contributed by atoms with Gasteiger partial charge < -0.3 is 15.4 Å². The molecule has 0 fully saturated rings. The lowest BCUT2D eigenvalue weighted by Gasteiger charge is -2.10. The number of aromatic nitrogens is 7. The zero-order valence-electron chi connectivity index (χ0n) is 16.9. The Balaban J connectivity index is 1.57. The number of imidazole rings is 1. The van der Waals surface area contributed by atoms with Crippen LogP contribution in [0.3, 0.4) is 0 Å². The lowest BCUT2D eigenvalue weighted by molar-refractivity contribution is 0.415. The molecule has 0 radical (unpaired) electrons. The number of ether oxygens (including phenoxy) is 1. The van der Waals surface area contributed by atoms with E-state index in [-0.39, 0.29) is 0 Å². The average Bonchev–Trinajstić information content (AvgIpc) is 3.41. The van der Waals surface area contributed by atoms with Gasteiger partial charge in [-0.15, -0.1) is 0 Å². The number of methoxy groups -OCH3 is 1. The summed E-state index contributed by atoms with van der Waals surface area (Å²) in [5.41, 5.74) is 2.97. The number of rotatable bonds is 6. The monoisotopic (exact) mass is 413 g/mol. The topological polar surface area (TPSA) is 118 Å². The van der Waals surface area contributed by atoms with Crippen molar-refractivity contribution in [3.8, 4) is 17.1 Å². The van der Waals surface area contributed by atoms with Crippen LogP contribution in [0.4, 0.5) is 23.1 Å². The number of hydrogen-bond acceptors (Lipinski definition) is 8. The summed E-state index contributed by atoms with van der Waals surface area (Å²) < 4.78 is 6.97. The van der Waals surface area contributed by atoms with Crippen molar-refractivity contribution in [1.82, 2.24) is 34.8 Å². The molecule has 0 amide bonds. The maximum Gasteiger partial charge on any atom is 0.162 e. The number of aromatic amines is 1. The summed E-state index contributed by atoms with van der Waals surface area (Å²) in [5, 5.41) is 17.9. The van der Waals surface area contributed by atoms with Crippen LogP contribution in [0.15, 0.2) is 60.9 Å². The Morgan fingerprint density at radius 2 is 1.84 bits per heavy atom. The number of hydrogen-bond donors (Lipinski definition) is 3. The standard InChI is InChI=1S/C21H19N9O/c1-13-24-16(12-18(25-13)26-14-5-7-15(31-2)8-6-14)20-21(27-17-9-11-22-29-17)28-19-4-3-10-23-30(19)20/h3-12H,1-2H3,(H2,22,27,29)(H,24,25,26). The fourth-order valence-corrected chi connectivity index (χ4v) is 3.23. The van der Waals surface area contributed by atoms with Crippen molar-refractivity contribution in [2.45, 2.75) is 6.92 Å². The third-order valence-electron chi connectivity index (χ3n) is 4.59. The van der Waals surface area contributed by atoms with Gasteiger partial charge in [0.15, 0.2) is 11.5 Å². The summed E-state index contributed by atoms with van der Waals surface area (Å²) in [4.78, 5) is 13.8. The van der Waals surface area contributed by atoms with E-state index in [2.05, 4.69) is 40.9 Å². The second-order valence-electron chi connectivity index (χ2n) is 6.74. The molecule has 1 aromatic carbocycles. The molecule has 10 nitrogen and oxygen atoms in total. The first-order valence-corrected chi connectivity index (χ1v) is 9.57.